The van der Waals surface area contributed by atoms with Gasteiger partial charge in [-0.05, 0) is 72.4 Å². The summed E-state index contributed by atoms with van der Waals surface area (Å²) in [5.41, 5.74) is 13.4. The molecule has 5 aromatic rings. The van der Waals surface area contributed by atoms with Crippen LogP contribution in [0.4, 0.5) is 16.2 Å². The topological polar surface area (TPSA) is 136 Å². The van der Waals surface area contributed by atoms with Gasteiger partial charge in [-0.25, -0.2) is 4.79 Å². The Labute approximate surface area is 279 Å². The Balaban J connectivity index is 0.971. The number of fused-ring (bicyclic) bond motifs is 7. The lowest BCUT2D eigenvalue weighted by Crippen LogP contribution is -2.34. The van der Waals surface area contributed by atoms with Crippen LogP contribution in [0.2, 0.25) is 0 Å². The number of nitrogens with one attached hydrogen (secondary N) is 2. The molecule has 2 fully saturated rings. The van der Waals surface area contributed by atoms with Crippen molar-refractivity contribution in [3.05, 3.63) is 106 Å². The van der Waals surface area contributed by atoms with E-state index in [-0.39, 0.29) is 23.0 Å². The molecule has 10 nitrogen and oxygen atoms in total. The smallest absolute Gasteiger partial charge is 0.319 e. The van der Waals surface area contributed by atoms with E-state index in [0.29, 0.717) is 55.3 Å². The third-order valence-electron chi connectivity index (χ3n) is 11.5. The van der Waals surface area contributed by atoms with Gasteiger partial charge >= 0.3 is 6.03 Å². The lowest BCUT2D eigenvalue weighted by Gasteiger charge is -2.29. The van der Waals surface area contributed by atoms with Crippen molar-refractivity contribution in [3.63, 3.8) is 0 Å². The van der Waals surface area contributed by atoms with Gasteiger partial charge in [0.2, 0.25) is 0 Å². The summed E-state index contributed by atoms with van der Waals surface area (Å²) in [6.07, 6.45) is 3.77. The second-order valence-corrected chi connectivity index (χ2v) is 14.0. The van der Waals surface area contributed by atoms with Crippen molar-refractivity contribution >= 4 is 68.4 Å². The molecule has 4 N–H and O–H groups in total. The zero-order valence-corrected chi connectivity index (χ0v) is 26.5. The number of carbonyl (C=O) groups excluding carboxylic acids is 4. The van der Waals surface area contributed by atoms with Crippen LogP contribution in [0.5, 0.6) is 0 Å². The molecule has 0 bridgehead atoms. The number of urea groups is 1. The first kappa shape index (κ1) is 27.7. The number of nitrogens with two attached hydrogens (primary N) is 1. The average Bonchev–Trinajstić information content (AvgIpc) is 3.75. The molecular weight excluding hydrogens is 628 g/mol. The van der Waals surface area contributed by atoms with Crippen molar-refractivity contribution < 1.29 is 19.2 Å². The molecule has 1 spiro atoms. The van der Waals surface area contributed by atoms with E-state index in [4.69, 9.17) is 17.3 Å². The molecule has 1 saturated carbocycles. The molecule has 48 heavy (non-hydrogen) atoms. The van der Waals surface area contributed by atoms with Crippen LogP contribution in [0.3, 0.4) is 0 Å². The predicted molar refractivity (Wildman–Crippen MR) is 182 cm³/mol. The predicted octanol–water partition coefficient (Wildman–Crippen LogP) is 5.40. The number of hydrogen-bond acceptors (Lipinski definition) is 4. The Morgan fingerprint density at radius 2 is 1.42 bits per heavy atom. The number of primary amides is 1. The Bertz CT molecular complexity index is 2390. The number of halogens is 1. The van der Waals surface area contributed by atoms with E-state index >= 15 is 0 Å². The van der Waals surface area contributed by atoms with Gasteiger partial charge in [-0.15, -0.1) is 11.6 Å². The van der Waals surface area contributed by atoms with Crippen LogP contribution in [0.15, 0.2) is 72.4 Å². The molecule has 2 aromatic heterocycles. The summed E-state index contributed by atoms with van der Waals surface area (Å²) < 4.78 is 0. The third-order valence-corrected chi connectivity index (χ3v) is 12.0. The highest BCUT2D eigenvalue weighted by Crippen LogP contribution is 2.75. The van der Waals surface area contributed by atoms with Crippen molar-refractivity contribution in [3.8, 4) is 0 Å². The molecule has 4 amide bonds. The van der Waals surface area contributed by atoms with Gasteiger partial charge in [-0.3, -0.25) is 19.3 Å². The zero-order valence-electron chi connectivity index (χ0n) is 25.7. The van der Waals surface area contributed by atoms with E-state index < -0.39 is 11.4 Å². The zero-order chi connectivity index (χ0) is 32.7. The number of hydrogen-bond donors (Lipinski definition) is 3. The van der Waals surface area contributed by atoms with Crippen LogP contribution in [0, 0.1) is 5.41 Å². The van der Waals surface area contributed by atoms with Gasteiger partial charge in [-0.1, -0.05) is 24.3 Å². The lowest BCUT2D eigenvalue weighted by molar-refractivity contribution is 0.0798. The number of piperidine rings is 1. The van der Waals surface area contributed by atoms with Crippen molar-refractivity contribution in [1.82, 2.24) is 14.9 Å². The minimum atomic E-state index is -0.485. The number of likely N-dealkylation sites (tertiary alicyclic amines) is 1. The van der Waals surface area contributed by atoms with Crippen molar-refractivity contribution in [2.45, 2.75) is 24.7 Å². The first-order valence-corrected chi connectivity index (χ1v) is 16.7. The number of allylic oxidation sites excluding steroid dienone is 2. The monoisotopic (exact) mass is 656 g/mol. The fourth-order valence-electron chi connectivity index (χ4n) is 9.20. The molecule has 10 rings (SSSR count). The summed E-state index contributed by atoms with van der Waals surface area (Å²) in [6.45, 7) is 1.48. The highest BCUT2D eigenvalue weighted by Gasteiger charge is 2.77. The number of benzene rings is 3. The Hall–Kier alpha value is -5.35. The second-order valence-electron chi connectivity index (χ2n) is 13.7. The largest absolute Gasteiger partial charge is 0.351 e. The normalized spacial score (nSPS) is 23.2. The minimum Gasteiger partial charge on any atom is -0.351 e. The summed E-state index contributed by atoms with van der Waals surface area (Å²) in [7, 11) is 0. The van der Waals surface area contributed by atoms with Gasteiger partial charge < -0.3 is 25.5 Å². The highest BCUT2D eigenvalue weighted by molar-refractivity contribution is 6.19. The molecule has 3 aliphatic heterocycles. The Morgan fingerprint density at radius 1 is 0.812 bits per heavy atom. The number of amides is 4. The quantitative estimate of drug-likeness (QED) is 0.224. The number of alkyl halides is 1. The van der Waals surface area contributed by atoms with E-state index in [9.17, 15) is 19.2 Å². The molecule has 2 unspecified atom stereocenters. The van der Waals surface area contributed by atoms with Crippen LogP contribution in [-0.4, -0.2) is 64.0 Å². The summed E-state index contributed by atoms with van der Waals surface area (Å²) in [5.74, 6) is -0.0315. The molecule has 238 valence electrons. The standard InChI is InChI=1S/C37H29ClN6O4/c38-17-36-16-37(36)24-4-2-1-3-21(24)31(45)15-32(37)44(18-36)34(47)28-14-22-19-9-11-42(29(19)7-5-25(22)41-28)33(46)27-13-23-20-10-12-43(35(39)48)30(20)8-6-26(23)40-27/h1-8,13-15,40-41H,9-12,16-18H2,(H2,39,48). The number of aromatic nitrogens is 2. The Kier molecular flexibility index (Phi) is 5.30. The lowest BCUT2D eigenvalue weighted by atomic mass is 9.79. The van der Waals surface area contributed by atoms with E-state index in [1.807, 2.05) is 60.7 Å². The number of rotatable bonds is 3. The van der Waals surface area contributed by atoms with Gasteiger partial charge in [0.1, 0.15) is 11.4 Å². The van der Waals surface area contributed by atoms with E-state index in [1.54, 1.807) is 20.8 Å². The van der Waals surface area contributed by atoms with Crippen LogP contribution in [0.25, 0.3) is 21.8 Å². The van der Waals surface area contributed by atoms with Gasteiger partial charge in [0, 0.05) is 86.9 Å². The molecule has 5 aliphatic rings. The highest BCUT2D eigenvalue weighted by atomic mass is 35.5. The maximum absolute atomic E-state index is 14.2. The molecule has 3 aromatic carbocycles. The van der Waals surface area contributed by atoms with Crippen molar-refractivity contribution in [1.29, 1.82) is 0 Å². The third kappa shape index (κ3) is 3.32. The van der Waals surface area contributed by atoms with Crippen LogP contribution < -0.4 is 15.5 Å². The second kappa shape index (κ2) is 9.17. The van der Waals surface area contributed by atoms with Gasteiger partial charge in [0.15, 0.2) is 5.78 Å². The SMILES string of the molecule is NC(=O)N1CCc2c1ccc1[nH]c(C(=O)N3CCc4c3ccc3[nH]c(C(=O)N5CC6(CCl)CC67C5=CC(=O)c5ccccc57)cc43)cc21. The van der Waals surface area contributed by atoms with Crippen molar-refractivity contribution in [2.75, 3.05) is 35.3 Å². The molecule has 1 saturated heterocycles. The minimum absolute atomic E-state index is 0.0903. The summed E-state index contributed by atoms with van der Waals surface area (Å²) >= 11 is 6.59. The maximum atomic E-state index is 14.2. The van der Waals surface area contributed by atoms with E-state index in [2.05, 4.69) is 9.97 Å². The molecule has 11 heteroatoms. The molecule has 2 atom stereocenters. The van der Waals surface area contributed by atoms with Gasteiger partial charge in [0.25, 0.3) is 11.8 Å². The average molecular weight is 657 g/mol. The van der Waals surface area contributed by atoms with E-state index in [0.717, 1.165) is 62.0 Å². The molecular formula is C37H29ClN6O4. The first-order chi connectivity index (χ1) is 23.2. The number of H-pyrrole nitrogens is 2. The van der Waals surface area contributed by atoms with Gasteiger partial charge in [0.05, 0.1) is 0 Å². The number of anilines is 2. The maximum Gasteiger partial charge on any atom is 0.319 e. The van der Waals surface area contributed by atoms with E-state index in [1.165, 1.54) is 0 Å². The summed E-state index contributed by atoms with van der Waals surface area (Å²) in [6, 6.07) is 18.5. The van der Waals surface area contributed by atoms with Crippen LogP contribution in [-0.2, 0) is 18.3 Å². The molecule has 2 aliphatic carbocycles. The van der Waals surface area contributed by atoms with Crippen LogP contribution >= 0.6 is 11.6 Å². The summed E-state index contributed by atoms with van der Waals surface area (Å²) in [4.78, 5) is 64.9. The fraction of sp³-hybridized carbons (Fsp3) is 0.243. The fourth-order valence-corrected chi connectivity index (χ4v) is 9.60. The first-order valence-electron chi connectivity index (χ1n) is 16.2. The van der Waals surface area contributed by atoms with Crippen molar-refractivity contribution in [2.24, 2.45) is 11.1 Å². The number of nitrogens with zero attached hydrogens (tertiary/aromatic N) is 3. The Morgan fingerprint density at radius 3 is 2.06 bits per heavy atom. The van der Waals surface area contributed by atoms with Gasteiger partial charge in [-0.2, -0.15) is 0 Å². The summed E-state index contributed by atoms with van der Waals surface area (Å²) in [5, 5.41) is 1.82. The molecule has 5 heterocycles. The van der Waals surface area contributed by atoms with Crippen LogP contribution in [0.1, 0.15) is 54.4 Å². The number of carbonyl (C=O) groups is 4. The molecule has 0 radical (unpaired) electrons. The number of ketones is 1. The number of aromatic amines is 2.